The van der Waals surface area contributed by atoms with E-state index in [4.69, 9.17) is 9.47 Å². The maximum absolute atomic E-state index is 5.91. The van der Waals surface area contributed by atoms with Crippen molar-refractivity contribution in [2.45, 2.75) is 12.1 Å². The molecule has 7 heteroatoms. The second-order valence-electron chi connectivity index (χ2n) is 6.58. The first-order valence-corrected chi connectivity index (χ1v) is 9.63. The SMILES string of the molecule is COc1ccc(-c2cc3ncnc(N4CCO[C@@H]5CNC[C@@H]54)c3s2)cc1. The molecular formula is C19H20N4O2S. The summed E-state index contributed by atoms with van der Waals surface area (Å²) in [5.41, 5.74) is 2.17. The molecule has 4 heterocycles. The molecule has 2 aromatic heterocycles. The lowest BCUT2D eigenvalue weighted by atomic mass is 10.1. The van der Waals surface area contributed by atoms with Gasteiger partial charge in [0.15, 0.2) is 5.82 Å². The summed E-state index contributed by atoms with van der Waals surface area (Å²) < 4.78 is 12.3. The third kappa shape index (κ3) is 2.63. The molecule has 2 fully saturated rings. The van der Waals surface area contributed by atoms with E-state index in [-0.39, 0.29) is 6.10 Å². The van der Waals surface area contributed by atoms with Gasteiger partial charge >= 0.3 is 0 Å². The topological polar surface area (TPSA) is 59.5 Å². The first-order chi connectivity index (χ1) is 12.8. The van der Waals surface area contributed by atoms with Crippen LogP contribution in [0.25, 0.3) is 20.7 Å². The highest BCUT2D eigenvalue weighted by molar-refractivity contribution is 7.22. The average molecular weight is 368 g/mol. The van der Waals surface area contributed by atoms with Gasteiger partial charge in [-0.15, -0.1) is 11.3 Å². The minimum atomic E-state index is 0.245. The number of aromatic nitrogens is 2. The molecule has 2 aliphatic rings. The molecule has 0 unspecified atom stereocenters. The van der Waals surface area contributed by atoms with Gasteiger partial charge in [0.05, 0.1) is 36.1 Å². The van der Waals surface area contributed by atoms with E-state index in [0.717, 1.165) is 48.0 Å². The van der Waals surface area contributed by atoms with Crippen molar-refractivity contribution in [3.8, 4) is 16.2 Å². The van der Waals surface area contributed by atoms with Crippen LogP contribution in [0.15, 0.2) is 36.7 Å². The second kappa shape index (κ2) is 6.50. The predicted molar refractivity (Wildman–Crippen MR) is 103 cm³/mol. The zero-order valence-electron chi connectivity index (χ0n) is 14.5. The van der Waals surface area contributed by atoms with Crippen LogP contribution in [-0.2, 0) is 4.74 Å². The fourth-order valence-corrected chi connectivity index (χ4v) is 4.92. The molecule has 3 aromatic rings. The van der Waals surface area contributed by atoms with E-state index in [2.05, 4.69) is 38.4 Å². The maximum Gasteiger partial charge on any atom is 0.150 e. The number of hydrogen-bond donors (Lipinski definition) is 1. The van der Waals surface area contributed by atoms with Crippen molar-refractivity contribution in [1.82, 2.24) is 15.3 Å². The van der Waals surface area contributed by atoms with E-state index in [1.54, 1.807) is 24.8 Å². The smallest absolute Gasteiger partial charge is 0.150 e. The van der Waals surface area contributed by atoms with Gasteiger partial charge in [-0.3, -0.25) is 0 Å². The third-order valence-corrected chi connectivity index (χ3v) is 6.30. The molecule has 2 atom stereocenters. The van der Waals surface area contributed by atoms with Crippen molar-refractivity contribution in [3.63, 3.8) is 0 Å². The highest BCUT2D eigenvalue weighted by Crippen LogP contribution is 2.38. The Hall–Kier alpha value is -2.22. The minimum Gasteiger partial charge on any atom is -0.497 e. The van der Waals surface area contributed by atoms with E-state index < -0.39 is 0 Å². The van der Waals surface area contributed by atoms with Crippen molar-refractivity contribution in [1.29, 1.82) is 0 Å². The third-order valence-electron chi connectivity index (χ3n) is 5.13. The summed E-state index contributed by atoms with van der Waals surface area (Å²) in [6.07, 6.45) is 1.92. The predicted octanol–water partition coefficient (Wildman–Crippen LogP) is 2.54. The molecule has 1 N–H and O–H groups in total. The molecule has 0 aliphatic carbocycles. The van der Waals surface area contributed by atoms with Crippen LogP contribution in [-0.4, -0.2) is 55.5 Å². The van der Waals surface area contributed by atoms with Crippen LogP contribution in [0, 0.1) is 0 Å². The Morgan fingerprint density at radius 3 is 2.96 bits per heavy atom. The number of fused-ring (bicyclic) bond motifs is 2. The molecule has 0 saturated carbocycles. The summed E-state index contributed by atoms with van der Waals surface area (Å²) in [4.78, 5) is 12.7. The number of nitrogens with zero attached hydrogens (tertiary/aromatic N) is 3. The number of ether oxygens (including phenoxy) is 2. The number of hydrogen-bond acceptors (Lipinski definition) is 7. The monoisotopic (exact) mass is 368 g/mol. The average Bonchev–Trinajstić information content (AvgIpc) is 3.34. The van der Waals surface area contributed by atoms with Crippen molar-refractivity contribution < 1.29 is 9.47 Å². The minimum absolute atomic E-state index is 0.245. The quantitative estimate of drug-likeness (QED) is 0.767. The van der Waals surface area contributed by atoms with E-state index in [1.165, 1.54) is 10.4 Å². The van der Waals surface area contributed by atoms with Gasteiger partial charge in [0, 0.05) is 24.5 Å². The number of morpholine rings is 1. The first kappa shape index (κ1) is 16.0. The van der Waals surface area contributed by atoms with Gasteiger partial charge in [0.1, 0.15) is 12.1 Å². The Kier molecular flexibility index (Phi) is 4.00. The largest absolute Gasteiger partial charge is 0.497 e. The number of methoxy groups -OCH3 is 1. The number of thiophene rings is 1. The molecule has 26 heavy (non-hydrogen) atoms. The lowest BCUT2D eigenvalue weighted by Crippen LogP contribution is -2.51. The highest BCUT2D eigenvalue weighted by atomic mass is 32.1. The summed E-state index contributed by atoms with van der Waals surface area (Å²) in [7, 11) is 1.68. The van der Waals surface area contributed by atoms with E-state index in [0.29, 0.717) is 6.04 Å². The molecule has 1 aromatic carbocycles. The zero-order chi connectivity index (χ0) is 17.5. The molecule has 134 valence electrons. The number of benzene rings is 1. The van der Waals surface area contributed by atoms with Gasteiger partial charge in [0.25, 0.3) is 0 Å². The number of nitrogens with one attached hydrogen (secondary N) is 1. The molecule has 2 saturated heterocycles. The molecule has 0 bridgehead atoms. The van der Waals surface area contributed by atoms with Crippen LogP contribution in [0.1, 0.15) is 0 Å². The van der Waals surface area contributed by atoms with Crippen LogP contribution < -0.4 is 15.0 Å². The Morgan fingerprint density at radius 2 is 2.12 bits per heavy atom. The summed E-state index contributed by atoms with van der Waals surface area (Å²) in [5, 5.41) is 3.44. The number of rotatable bonds is 3. The Morgan fingerprint density at radius 1 is 1.23 bits per heavy atom. The summed E-state index contributed by atoms with van der Waals surface area (Å²) in [5.74, 6) is 1.89. The van der Waals surface area contributed by atoms with Gasteiger partial charge in [-0.1, -0.05) is 0 Å². The van der Waals surface area contributed by atoms with E-state index in [9.17, 15) is 0 Å². The zero-order valence-corrected chi connectivity index (χ0v) is 15.3. The van der Waals surface area contributed by atoms with Gasteiger partial charge < -0.3 is 19.7 Å². The van der Waals surface area contributed by atoms with E-state index in [1.807, 2.05) is 12.1 Å². The summed E-state index contributed by atoms with van der Waals surface area (Å²) >= 11 is 1.75. The van der Waals surface area contributed by atoms with Gasteiger partial charge in [0.2, 0.25) is 0 Å². The van der Waals surface area contributed by atoms with E-state index >= 15 is 0 Å². The van der Waals surface area contributed by atoms with Crippen LogP contribution in [0.3, 0.4) is 0 Å². The van der Waals surface area contributed by atoms with Crippen LogP contribution in [0.4, 0.5) is 5.82 Å². The molecular weight excluding hydrogens is 348 g/mol. The highest BCUT2D eigenvalue weighted by Gasteiger charge is 2.37. The Labute approximate surface area is 155 Å². The maximum atomic E-state index is 5.91. The van der Waals surface area contributed by atoms with Crippen molar-refractivity contribution in [2.24, 2.45) is 0 Å². The van der Waals surface area contributed by atoms with Crippen molar-refractivity contribution in [3.05, 3.63) is 36.7 Å². The summed E-state index contributed by atoms with van der Waals surface area (Å²) in [6, 6.07) is 10.6. The normalized spacial score (nSPS) is 22.6. The van der Waals surface area contributed by atoms with Gasteiger partial charge in [-0.25, -0.2) is 9.97 Å². The van der Waals surface area contributed by atoms with Crippen LogP contribution in [0.2, 0.25) is 0 Å². The Balaban J connectivity index is 1.55. The standard InChI is InChI=1S/C19H20N4O2S/c1-24-13-4-2-12(3-5-13)17-8-14-18(26-17)19(22-11-21-14)23-6-7-25-16-10-20-9-15(16)23/h2-5,8,11,15-16,20H,6-7,9-10H2,1H3/t15-,16+/m0/s1. The van der Waals surface area contributed by atoms with Crippen molar-refractivity contribution in [2.75, 3.05) is 38.3 Å². The van der Waals surface area contributed by atoms with Crippen LogP contribution in [0.5, 0.6) is 5.75 Å². The fraction of sp³-hybridized carbons (Fsp3) is 0.368. The first-order valence-electron chi connectivity index (χ1n) is 8.81. The Bertz CT molecular complexity index is 927. The molecule has 0 spiro atoms. The number of anilines is 1. The molecule has 6 nitrogen and oxygen atoms in total. The van der Waals surface area contributed by atoms with Crippen molar-refractivity contribution >= 4 is 27.4 Å². The van der Waals surface area contributed by atoms with Gasteiger partial charge in [-0.05, 0) is 35.9 Å². The molecule has 0 radical (unpaired) electrons. The van der Waals surface area contributed by atoms with Crippen LogP contribution >= 0.6 is 11.3 Å². The second-order valence-corrected chi connectivity index (χ2v) is 7.63. The fourth-order valence-electron chi connectivity index (χ4n) is 3.80. The molecule has 5 rings (SSSR count). The van der Waals surface area contributed by atoms with Gasteiger partial charge in [-0.2, -0.15) is 0 Å². The lowest BCUT2D eigenvalue weighted by molar-refractivity contribution is 0.0348. The molecule has 2 aliphatic heterocycles. The molecule has 0 amide bonds. The summed E-state index contributed by atoms with van der Waals surface area (Å²) in [6.45, 7) is 3.46. The lowest BCUT2D eigenvalue weighted by Gasteiger charge is -2.37.